The van der Waals surface area contributed by atoms with E-state index in [1.54, 1.807) is 7.05 Å². The average Bonchev–Trinajstić information content (AvgIpc) is 3.11. The van der Waals surface area contributed by atoms with Crippen LogP contribution in [0.1, 0.15) is 38.7 Å². The molecule has 0 bridgehead atoms. The number of nitrogens with zero attached hydrogens (tertiary/aromatic N) is 3. The predicted molar refractivity (Wildman–Crippen MR) is 121 cm³/mol. The van der Waals surface area contributed by atoms with E-state index >= 15 is 0 Å². The van der Waals surface area contributed by atoms with Crippen molar-refractivity contribution in [2.45, 2.75) is 39.5 Å². The van der Waals surface area contributed by atoms with Crippen molar-refractivity contribution in [1.29, 1.82) is 0 Å². The summed E-state index contributed by atoms with van der Waals surface area (Å²) in [7, 11) is 1.80. The zero-order valence-electron chi connectivity index (χ0n) is 18.5. The van der Waals surface area contributed by atoms with Gasteiger partial charge in [0.1, 0.15) is 0 Å². The van der Waals surface area contributed by atoms with Gasteiger partial charge in [-0.3, -0.25) is 9.79 Å². The first kappa shape index (κ1) is 23.2. The number of nitrogens with one attached hydrogen (secondary N) is 2. The van der Waals surface area contributed by atoms with Crippen LogP contribution in [0.25, 0.3) is 0 Å². The third-order valence-electron chi connectivity index (χ3n) is 5.68. The van der Waals surface area contributed by atoms with E-state index in [-0.39, 0.29) is 5.91 Å². The van der Waals surface area contributed by atoms with Crippen molar-refractivity contribution in [1.82, 2.24) is 20.4 Å². The lowest BCUT2D eigenvalue weighted by Gasteiger charge is -2.19. The van der Waals surface area contributed by atoms with Crippen LogP contribution in [0.5, 0.6) is 0 Å². The maximum absolute atomic E-state index is 12.3. The van der Waals surface area contributed by atoms with Crippen LogP contribution in [-0.4, -0.2) is 74.5 Å². The summed E-state index contributed by atoms with van der Waals surface area (Å²) < 4.78 is 0. The topological polar surface area (TPSA) is 60.0 Å². The third-order valence-corrected chi connectivity index (χ3v) is 5.68. The molecule has 6 nitrogen and oxygen atoms in total. The number of hydrogen-bond donors (Lipinski definition) is 2. The second kappa shape index (κ2) is 13.2. The minimum Gasteiger partial charge on any atom is -0.356 e. The molecule has 0 radical (unpaired) electrons. The highest BCUT2D eigenvalue weighted by atomic mass is 16.2. The summed E-state index contributed by atoms with van der Waals surface area (Å²) in [4.78, 5) is 21.1. The largest absolute Gasteiger partial charge is 0.356 e. The summed E-state index contributed by atoms with van der Waals surface area (Å²) in [6.45, 7) is 11.2. The van der Waals surface area contributed by atoms with Crippen LogP contribution in [0.3, 0.4) is 0 Å². The number of hydrogen-bond acceptors (Lipinski definition) is 3. The molecule has 29 heavy (non-hydrogen) atoms. The first-order valence-corrected chi connectivity index (χ1v) is 11.1. The van der Waals surface area contributed by atoms with E-state index in [0.29, 0.717) is 12.3 Å². The molecule has 6 heteroatoms. The summed E-state index contributed by atoms with van der Waals surface area (Å²) in [5, 5.41) is 6.79. The van der Waals surface area contributed by atoms with E-state index < -0.39 is 0 Å². The smallest absolute Gasteiger partial charge is 0.223 e. The zero-order valence-corrected chi connectivity index (χ0v) is 18.5. The van der Waals surface area contributed by atoms with Crippen LogP contribution in [-0.2, 0) is 11.2 Å². The number of likely N-dealkylation sites (tertiary alicyclic amines) is 1. The molecular weight excluding hydrogens is 362 g/mol. The Balaban J connectivity index is 1.62. The molecule has 1 aromatic carbocycles. The Morgan fingerprint density at radius 2 is 1.93 bits per heavy atom. The van der Waals surface area contributed by atoms with Gasteiger partial charge >= 0.3 is 0 Å². The zero-order chi connectivity index (χ0) is 20.9. The SMILES string of the molecule is CCN(CC)CCCCNC(=NC)NCC1CC(=O)N(CCc2ccccc2)C1. The maximum atomic E-state index is 12.3. The highest BCUT2D eigenvalue weighted by Gasteiger charge is 2.29. The molecule has 0 spiro atoms. The lowest BCUT2D eigenvalue weighted by molar-refractivity contribution is -0.127. The summed E-state index contributed by atoms with van der Waals surface area (Å²) >= 11 is 0. The fourth-order valence-electron chi connectivity index (χ4n) is 3.78. The minimum absolute atomic E-state index is 0.270. The van der Waals surface area contributed by atoms with E-state index in [4.69, 9.17) is 0 Å². The number of rotatable bonds is 12. The van der Waals surface area contributed by atoms with Gasteiger partial charge in [0, 0.05) is 45.6 Å². The lowest BCUT2D eigenvalue weighted by Crippen LogP contribution is -2.40. The van der Waals surface area contributed by atoms with Gasteiger partial charge in [-0.1, -0.05) is 44.2 Å². The molecule has 1 amide bonds. The fraction of sp³-hybridized carbons (Fsp3) is 0.652. The molecule has 1 aliphatic rings. The monoisotopic (exact) mass is 401 g/mol. The standard InChI is InChI=1S/C23H39N5O/c1-4-27(5-2)15-10-9-14-25-23(24-3)26-18-21-17-22(29)28(19-21)16-13-20-11-7-6-8-12-20/h6-8,11-12,21H,4-5,9-10,13-19H2,1-3H3,(H2,24,25,26). The average molecular weight is 402 g/mol. The Labute approximate surface area is 176 Å². The van der Waals surface area contributed by atoms with Crippen LogP contribution in [0.15, 0.2) is 35.3 Å². The van der Waals surface area contributed by atoms with E-state index in [0.717, 1.165) is 64.6 Å². The van der Waals surface area contributed by atoms with Gasteiger partial charge in [0.05, 0.1) is 0 Å². The molecule has 1 aliphatic heterocycles. The van der Waals surface area contributed by atoms with Gasteiger partial charge in [-0.05, 0) is 44.5 Å². The molecule has 1 fully saturated rings. The normalized spacial score (nSPS) is 17.2. The Morgan fingerprint density at radius 3 is 2.62 bits per heavy atom. The second-order valence-electron chi connectivity index (χ2n) is 7.76. The number of carbonyl (C=O) groups excluding carboxylic acids is 1. The maximum Gasteiger partial charge on any atom is 0.223 e. The lowest BCUT2D eigenvalue weighted by atomic mass is 10.1. The quantitative estimate of drug-likeness (QED) is 0.321. The summed E-state index contributed by atoms with van der Waals surface area (Å²) in [5.41, 5.74) is 1.28. The number of unbranched alkanes of at least 4 members (excludes halogenated alkanes) is 1. The summed E-state index contributed by atoms with van der Waals surface area (Å²) in [6, 6.07) is 10.4. The highest BCUT2D eigenvalue weighted by molar-refractivity contribution is 5.80. The number of benzene rings is 1. The Kier molecular flexibility index (Phi) is 10.6. The third kappa shape index (κ3) is 8.44. The molecule has 2 N–H and O–H groups in total. The van der Waals surface area contributed by atoms with Crippen molar-refractivity contribution in [2.75, 3.05) is 52.9 Å². The van der Waals surface area contributed by atoms with E-state index in [1.165, 1.54) is 12.0 Å². The van der Waals surface area contributed by atoms with Crippen molar-refractivity contribution in [3.63, 3.8) is 0 Å². The molecule has 1 unspecified atom stereocenters. The molecular formula is C23H39N5O. The predicted octanol–water partition coefficient (Wildman–Crippen LogP) is 2.36. The second-order valence-corrected chi connectivity index (χ2v) is 7.76. The molecule has 1 saturated heterocycles. The van der Waals surface area contributed by atoms with Gasteiger partial charge in [-0.2, -0.15) is 0 Å². The Bertz CT molecular complexity index is 615. The molecule has 2 rings (SSSR count). The number of aliphatic imine (C=N–C) groups is 1. The molecule has 0 aliphatic carbocycles. The molecule has 1 aromatic rings. The Hall–Kier alpha value is -2.08. The Morgan fingerprint density at radius 1 is 1.17 bits per heavy atom. The molecule has 1 atom stereocenters. The van der Waals surface area contributed by atoms with Gasteiger partial charge in [0.2, 0.25) is 5.91 Å². The van der Waals surface area contributed by atoms with Crippen molar-refractivity contribution in [3.8, 4) is 0 Å². The van der Waals surface area contributed by atoms with Crippen molar-refractivity contribution in [2.24, 2.45) is 10.9 Å². The van der Waals surface area contributed by atoms with Gasteiger partial charge < -0.3 is 20.4 Å². The number of carbonyl (C=O) groups is 1. The van der Waals surface area contributed by atoms with Crippen LogP contribution in [0.4, 0.5) is 0 Å². The highest BCUT2D eigenvalue weighted by Crippen LogP contribution is 2.17. The minimum atomic E-state index is 0.270. The van der Waals surface area contributed by atoms with E-state index in [2.05, 4.69) is 58.6 Å². The van der Waals surface area contributed by atoms with Crippen LogP contribution in [0.2, 0.25) is 0 Å². The molecule has 0 saturated carbocycles. The van der Waals surface area contributed by atoms with Gasteiger partial charge in [0.15, 0.2) is 5.96 Å². The van der Waals surface area contributed by atoms with Crippen LogP contribution in [0, 0.1) is 5.92 Å². The van der Waals surface area contributed by atoms with Crippen LogP contribution >= 0.6 is 0 Å². The number of amides is 1. The number of guanidine groups is 1. The van der Waals surface area contributed by atoms with E-state index in [1.807, 2.05) is 11.0 Å². The summed E-state index contributed by atoms with van der Waals surface area (Å²) in [6.07, 6.45) is 3.87. The molecule has 0 aromatic heterocycles. The molecule has 162 valence electrons. The molecule has 1 heterocycles. The van der Waals surface area contributed by atoms with Gasteiger partial charge in [0.25, 0.3) is 0 Å². The van der Waals surface area contributed by atoms with Crippen molar-refractivity contribution < 1.29 is 4.79 Å². The summed E-state index contributed by atoms with van der Waals surface area (Å²) in [5.74, 6) is 1.45. The van der Waals surface area contributed by atoms with Crippen LogP contribution < -0.4 is 10.6 Å². The van der Waals surface area contributed by atoms with Gasteiger partial charge in [-0.15, -0.1) is 0 Å². The van der Waals surface area contributed by atoms with Crippen molar-refractivity contribution >= 4 is 11.9 Å². The fourth-order valence-corrected chi connectivity index (χ4v) is 3.78. The first-order valence-electron chi connectivity index (χ1n) is 11.1. The van der Waals surface area contributed by atoms with E-state index in [9.17, 15) is 4.79 Å². The first-order chi connectivity index (χ1) is 14.2. The van der Waals surface area contributed by atoms with Gasteiger partial charge in [-0.25, -0.2) is 0 Å². The van der Waals surface area contributed by atoms with Crippen molar-refractivity contribution in [3.05, 3.63) is 35.9 Å².